The average Bonchev–Trinajstić information content (AvgIpc) is 3.89. The molecule has 0 saturated carbocycles. The highest BCUT2D eigenvalue weighted by molar-refractivity contribution is 6.12. The molecule has 12 aromatic rings. The number of hydrogen-bond acceptors (Lipinski definition) is 1. The molecule has 0 radical (unpaired) electrons. The summed E-state index contributed by atoms with van der Waals surface area (Å²) >= 11 is 0. The third kappa shape index (κ3) is 6.29. The minimum Gasteiger partial charge on any atom is -0.456 e. The maximum atomic E-state index is 6.08. The lowest BCUT2D eigenvalue weighted by Crippen LogP contribution is -1.94. The van der Waals surface area contributed by atoms with Gasteiger partial charge in [0.15, 0.2) is 0 Å². The smallest absolute Gasteiger partial charge is 0.135 e. The third-order valence-corrected chi connectivity index (χ3v) is 12.4. The van der Waals surface area contributed by atoms with Crippen LogP contribution in [0.25, 0.3) is 116 Å². The van der Waals surface area contributed by atoms with Gasteiger partial charge in [-0.1, -0.05) is 170 Å². The van der Waals surface area contributed by atoms with Gasteiger partial charge in [-0.15, -0.1) is 0 Å². The molecule has 0 aliphatic rings. The second-order valence-electron chi connectivity index (χ2n) is 16.1. The number of nitrogens with zero attached hydrogens (tertiary/aromatic N) is 1. The highest BCUT2D eigenvalue weighted by atomic mass is 16.3. The summed E-state index contributed by atoms with van der Waals surface area (Å²) in [5, 5.41) is 4.74. The molecule has 10 aromatic carbocycles. The molecule has 0 atom stereocenters. The molecular weight excluding hydrogens is 751 g/mol. The molecule has 12 rings (SSSR count). The SMILES string of the molecule is c1ccc(-c2cccc(-c3ccc4c(c3)c3cc(-c5cccc(-c6ccccc6)c5)ccc3n4-c3ccc(-c4ccc(-c5ccc6oc7ccccc7c6c5)cc4)cc3)c2)cc1. The van der Waals surface area contributed by atoms with Crippen LogP contribution in [0.3, 0.4) is 0 Å². The highest BCUT2D eigenvalue weighted by Crippen LogP contribution is 2.39. The lowest BCUT2D eigenvalue weighted by Gasteiger charge is -2.11. The molecule has 0 saturated heterocycles. The molecule has 290 valence electrons. The van der Waals surface area contributed by atoms with Crippen LogP contribution in [0.1, 0.15) is 0 Å². The lowest BCUT2D eigenvalue weighted by atomic mass is 9.96. The van der Waals surface area contributed by atoms with E-state index in [4.69, 9.17) is 4.42 Å². The van der Waals surface area contributed by atoms with E-state index in [1.54, 1.807) is 0 Å². The van der Waals surface area contributed by atoms with E-state index in [-0.39, 0.29) is 0 Å². The first-order valence-corrected chi connectivity index (χ1v) is 21.2. The normalized spacial score (nSPS) is 11.5. The van der Waals surface area contributed by atoms with E-state index < -0.39 is 0 Å². The van der Waals surface area contributed by atoms with Crippen molar-refractivity contribution in [1.82, 2.24) is 4.57 Å². The van der Waals surface area contributed by atoms with E-state index in [1.165, 1.54) is 88.6 Å². The molecule has 0 unspecified atom stereocenters. The summed E-state index contributed by atoms with van der Waals surface area (Å²) < 4.78 is 8.50. The van der Waals surface area contributed by atoms with Crippen molar-refractivity contribution >= 4 is 43.7 Å². The van der Waals surface area contributed by atoms with Crippen molar-refractivity contribution in [1.29, 1.82) is 0 Å². The number of para-hydroxylation sites is 1. The van der Waals surface area contributed by atoms with Gasteiger partial charge in [-0.25, -0.2) is 0 Å². The number of aromatic nitrogens is 1. The molecule has 2 heteroatoms. The summed E-state index contributed by atoms with van der Waals surface area (Å²) in [5.74, 6) is 0. The fraction of sp³-hybridized carbons (Fsp3) is 0. The van der Waals surface area contributed by atoms with Crippen molar-refractivity contribution in [2.45, 2.75) is 0 Å². The Labute approximate surface area is 360 Å². The topological polar surface area (TPSA) is 18.1 Å². The van der Waals surface area contributed by atoms with E-state index >= 15 is 0 Å². The van der Waals surface area contributed by atoms with Gasteiger partial charge in [0.1, 0.15) is 11.2 Å². The predicted molar refractivity (Wildman–Crippen MR) is 261 cm³/mol. The van der Waals surface area contributed by atoms with Crippen LogP contribution in [-0.2, 0) is 0 Å². The Kier molecular flexibility index (Phi) is 8.53. The van der Waals surface area contributed by atoms with Crippen molar-refractivity contribution in [3.05, 3.63) is 237 Å². The minimum absolute atomic E-state index is 0.915. The van der Waals surface area contributed by atoms with Gasteiger partial charge < -0.3 is 8.98 Å². The second kappa shape index (κ2) is 14.8. The van der Waals surface area contributed by atoms with Gasteiger partial charge in [-0.05, 0) is 133 Å². The summed E-state index contributed by atoms with van der Waals surface area (Å²) in [7, 11) is 0. The molecule has 62 heavy (non-hydrogen) atoms. The molecule has 2 heterocycles. The maximum absolute atomic E-state index is 6.08. The quantitative estimate of drug-likeness (QED) is 0.157. The van der Waals surface area contributed by atoms with E-state index in [0.29, 0.717) is 0 Å². The van der Waals surface area contributed by atoms with Crippen LogP contribution in [0.15, 0.2) is 241 Å². The molecule has 0 fully saturated rings. The van der Waals surface area contributed by atoms with Gasteiger partial charge in [0.2, 0.25) is 0 Å². The summed E-state index contributed by atoms with van der Waals surface area (Å²) in [6, 6.07) is 85.6. The third-order valence-electron chi connectivity index (χ3n) is 12.4. The number of benzene rings is 10. The summed E-state index contributed by atoms with van der Waals surface area (Å²) in [4.78, 5) is 0. The summed E-state index contributed by atoms with van der Waals surface area (Å²) in [6.07, 6.45) is 0. The Balaban J connectivity index is 0.931. The molecule has 2 nitrogen and oxygen atoms in total. The molecule has 0 aliphatic heterocycles. The molecular formula is C60H39NO. The van der Waals surface area contributed by atoms with Crippen molar-refractivity contribution in [2.75, 3.05) is 0 Å². The van der Waals surface area contributed by atoms with Crippen LogP contribution in [0.2, 0.25) is 0 Å². The zero-order chi connectivity index (χ0) is 41.0. The van der Waals surface area contributed by atoms with Gasteiger partial charge in [0.25, 0.3) is 0 Å². The summed E-state index contributed by atoms with van der Waals surface area (Å²) in [5.41, 5.74) is 19.7. The first-order chi connectivity index (χ1) is 30.7. The molecule has 2 aromatic heterocycles. The molecule has 0 aliphatic carbocycles. The van der Waals surface area contributed by atoms with E-state index in [9.17, 15) is 0 Å². The largest absolute Gasteiger partial charge is 0.456 e. The Morgan fingerprint density at radius 3 is 1.15 bits per heavy atom. The molecule has 0 bridgehead atoms. The highest BCUT2D eigenvalue weighted by Gasteiger charge is 2.16. The van der Waals surface area contributed by atoms with Crippen molar-refractivity contribution < 1.29 is 4.42 Å². The molecule has 0 amide bonds. The van der Waals surface area contributed by atoms with Crippen LogP contribution < -0.4 is 0 Å². The van der Waals surface area contributed by atoms with Crippen LogP contribution in [0.5, 0.6) is 0 Å². The number of furan rings is 1. The zero-order valence-electron chi connectivity index (χ0n) is 33.9. The minimum atomic E-state index is 0.915. The Morgan fingerprint density at radius 2 is 0.581 bits per heavy atom. The van der Waals surface area contributed by atoms with Gasteiger partial charge >= 0.3 is 0 Å². The zero-order valence-corrected chi connectivity index (χ0v) is 33.9. The monoisotopic (exact) mass is 789 g/mol. The van der Waals surface area contributed by atoms with Gasteiger partial charge in [-0.2, -0.15) is 0 Å². The first-order valence-electron chi connectivity index (χ1n) is 21.2. The summed E-state index contributed by atoms with van der Waals surface area (Å²) in [6.45, 7) is 0. The standard InChI is InChI=1S/C60H39NO/c1-3-11-40(12-4-1)45-15-9-17-47(35-45)50-27-32-57-54(37-50)55-38-51(48-18-10-16-46(36-48)41-13-5-2-6-14-41)28-33-58(55)61(57)52-30-25-43(26-31-52)42-21-23-44(24-22-42)49-29-34-60-56(39-49)53-19-7-8-20-59(53)62-60/h1-39H. The lowest BCUT2D eigenvalue weighted by molar-refractivity contribution is 0.669. The number of rotatable bonds is 7. The van der Waals surface area contributed by atoms with E-state index in [0.717, 1.165) is 27.6 Å². The predicted octanol–water partition coefficient (Wildman–Crippen LogP) is 16.7. The number of fused-ring (bicyclic) bond motifs is 6. The van der Waals surface area contributed by atoms with Gasteiger partial charge in [-0.3, -0.25) is 0 Å². The van der Waals surface area contributed by atoms with Gasteiger partial charge in [0.05, 0.1) is 11.0 Å². The Bertz CT molecular complexity index is 3450. The van der Waals surface area contributed by atoms with Crippen LogP contribution in [-0.4, -0.2) is 4.57 Å². The van der Waals surface area contributed by atoms with Gasteiger partial charge in [0, 0.05) is 27.2 Å². The second-order valence-corrected chi connectivity index (χ2v) is 16.1. The maximum Gasteiger partial charge on any atom is 0.135 e. The Morgan fingerprint density at radius 1 is 0.226 bits per heavy atom. The molecule has 0 spiro atoms. The fourth-order valence-electron chi connectivity index (χ4n) is 9.24. The number of hydrogen-bond donors (Lipinski definition) is 0. The Hall–Kier alpha value is -8.20. The first kappa shape index (κ1) is 35.7. The van der Waals surface area contributed by atoms with Crippen LogP contribution in [0, 0.1) is 0 Å². The van der Waals surface area contributed by atoms with Crippen molar-refractivity contribution in [3.63, 3.8) is 0 Å². The molecule has 0 N–H and O–H groups in total. The van der Waals surface area contributed by atoms with E-state index in [2.05, 4.69) is 229 Å². The van der Waals surface area contributed by atoms with Crippen molar-refractivity contribution in [2.24, 2.45) is 0 Å². The van der Waals surface area contributed by atoms with Crippen LogP contribution in [0.4, 0.5) is 0 Å². The average molecular weight is 790 g/mol. The fourth-order valence-corrected chi connectivity index (χ4v) is 9.24. The van der Waals surface area contributed by atoms with Crippen LogP contribution >= 0.6 is 0 Å². The van der Waals surface area contributed by atoms with Crippen molar-refractivity contribution in [3.8, 4) is 72.4 Å². The van der Waals surface area contributed by atoms with E-state index in [1.807, 2.05) is 12.1 Å².